The van der Waals surface area contributed by atoms with Gasteiger partial charge in [-0.25, -0.2) is 0 Å². The van der Waals surface area contributed by atoms with E-state index in [-0.39, 0.29) is 5.91 Å². The lowest BCUT2D eigenvalue weighted by Crippen LogP contribution is -3.11. The zero-order chi connectivity index (χ0) is 13.8. The molecule has 1 saturated carbocycles. The highest BCUT2D eigenvalue weighted by Gasteiger charge is 2.32. The summed E-state index contributed by atoms with van der Waals surface area (Å²) in [5, 5.41) is 5.40. The number of carbonyl (C=O) groups excluding carboxylic acids is 1. The average Bonchev–Trinajstić information content (AvgIpc) is 3.10. The topological polar surface area (TPSA) is 33.5 Å². The minimum Gasteiger partial charge on any atom is -0.348 e. The minimum atomic E-state index is 0.260. The van der Waals surface area contributed by atoms with Crippen molar-refractivity contribution in [1.29, 1.82) is 0 Å². The Labute approximate surface area is 125 Å². The number of amides is 1. The van der Waals surface area contributed by atoms with Crippen LogP contribution in [0.25, 0.3) is 0 Å². The lowest BCUT2D eigenvalue weighted by molar-refractivity contribution is -0.910. The van der Waals surface area contributed by atoms with Gasteiger partial charge in [0.05, 0.1) is 11.4 Å². The number of rotatable bonds is 4. The summed E-state index contributed by atoms with van der Waals surface area (Å²) in [6, 6.07) is 5.34. The van der Waals surface area contributed by atoms with Crippen LogP contribution >= 0.6 is 11.3 Å². The maximum atomic E-state index is 12.3. The summed E-state index contributed by atoms with van der Waals surface area (Å²) in [6.07, 6.45) is 8.72. The zero-order valence-electron chi connectivity index (χ0n) is 12.1. The van der Waals surface area contributed by atoms with E-state index in [4.69, 9.17) is 0 Å². The highest BCUT2D eigenvalue weighted by Crippen LogP contribution is 2.23. The van der Waals surface area contributed by atoms with E-state index >= 15 is 0 Å². The van der Waals surface area contributed by atoms with Gasteiger partial charge in [0.15, 0.2) is 6.54 Å². The number of carbonyl (C=O) groups is 1. The quantitative estimate of drug-likeness (QED) is 0.874. The highest BCUT2D eigenvalue weighted by atomic mass is 32.1. The summed E-state index contributed by atoms with van der Waals surface area (Å²) in [5.41, 5.74) is 0. The number of likely N-dealkylation sites (tertiary alicyclic amines) is 1. The number of hydrogen-bond donors (Lipinski definition) is 2. The second-order valence-corrected chi connectivity index (χ2v) is 7.18. The fourth-order valence-electron chi connectivity index (χ4n) is 3.69. The van der Waals surface area contributed by atoms with Crippen LogP contribution in [-0.4, -0.2) is 25.0 Å². The second kappa shape index (κ2) is 6.72. The van der Waals surface area contributed by atoms with E-state index in [1.54, 1.807) is 0 Å². The molecule has 1 aliphatic carbocycles. The first kappa shape index (κ1) is 14.1. The molecule has 2 fully saturated rings. The molecule has 1 amide bonds. The standard InChI is InChI=1S/C16H24N2OS/c19-16(17-13-6-2-1-3-7-13)12-18-10-4-8-14(18)15-9-5-11-20-15/h5,9,11,13-14H,1-4,6-8,10,12H2,(H,17,19)/p+1/t14-/m0/s1. The molecule has 20 heavy (non-hydrogen) atoms. The van der Waals surface area contributed by atoms with Gasteiger partial charge < -0.3 is 10.2 Å². The molecule has 2 N–H and O–H groups in total. The van der Waals surface area contributed by atoms with Crippen LogP contribution in [0.1, 0.15) is 55.9 Å². The van der Waals surface area contributed by atoms with Gasteiger partial charge in [0, 0.05) is 18.9 Å². The van der Waals surface area contributed by atoms with Gasteiger partial charge in [0.2, 0.25) is 0 Å². The van der Waals surface area contributed by atoms with Crippen LogP contribution in [0.5, 0.6) is 0 Å². The molecule has 0 bridgehead atoms. The molecule has 2 heterocycles. The molecular formula is C16H25N2OS+. The van der Waals surface area contributed by atoms with Crippen molar-refractivity contribution in [1.82, 2.24) is 5.32 Å². The van der Waals surface area contributed by atoms with Gasteiger partial charge in [-0.05, 0) is 24.3 Å². The Kier molecular flexibility index (Phi) is 4.73. The Morgan fingerprint density at radius 1 is 1.25 bits per heavy atom. The molecule has 4 heteroatoms. The molecule has 3 nitrogen and oxygen atoms in total. The number of thiophene rings is 1. The predicted molar refractivity (Wildman–Crippen MR) is 82.0 cm³/mol. The molecule has 3 rings (SSSR count). The van der Waals surface area contributed by atoms with Gasteiger partial charge in [-0.3, -0.25) is 4.79 Å². The van der Waals surface area contributed by atoms with E-state index in [0.29, 0.717) is 18.6 Å². The third-order valence-corrected chi connectivity index (χ3v) is 5.71. The van der Waals surface area contributed by atoms with Crippen molar-refractivity contribution in [3.8, 4) is 0 Å². The Balaban J connectivity index is 1.52. The molecule has 2 aliphatic rings. The highest BCUT2D eigenvalue weighted by molar-refractivity contribution is 7.10. The summed E-state index contributed by atoms with van der Waals surface area (Å²) in [4.78, 5) is 15.2. The maximum absolute atomic E-state index is 12.3. The van der Waals surface area contributed by atoms with E-state index in [2.05, 4.69) is 22.8 Å². The summed E-state index contributed by atoms with van der Waals surface area (Å²) in [7, 11) is 0. The van der Waals surface area contributed by atoms with Crippen LogP contribution in [0, 0.1) is 0 Å². The lowest BCUT2D eigenvalue weighted by Gasteiger charge is -2.25. The van der Waals surface area contributed by atoms with Crippen molar-refractivity contribution in [3.05, 3.63) is 22.4 Å². The van der Waals surface area contributed by atoms with E-state index in [1.165, 1.54) is 54.7 Å². The second-order valence-electron chi connectivity index (χ2n) is 6.20. The first-order valence-corrected chi connectivity index (χ1v) is 8.88. The van der Waals surface area contributed by atoms with Gasteiger partial charge in [-0.2, -0.15) is 0 Å². The van der Waals surface area contributed by atoms with Crippen LogP contribution in [0.2, 0.25) is 0 Å². The van der Waals surface area contributed by atoms with Crippen molar-refractivity contribution in [2.24, 2.45) is 0 Å². The van der Waals surface area contributed by atoms with Crippen LogP contribution < -0.4 is 10.2 Å². The van der Waals surface area contributed by atoms with Crippen LogP contribution in [0.15, 0.2) is 17.5 Å². The van der Waals surface area contributed by atoms with Crippen molar-refractivity contribution < 1.29 is 9.69 Å². The predicted octanol–water partition coefficient (Wildman–Crippen LogP) is 1.92. The molecule has 1 unspecified atom stereocenters. The largest absolute Gasteiger partial charge is 0.348 e. The molecule has 2 atom stereocenters. The number of quaternary nitrogens is 1. The van der Waals surface area contributed by atoms with Crippen molar-refractivity contribution in [3.63, 3.8) is 0 Å². The van der Waals surface area contributed by atoms with Crippen molar-refractivity contribution in [2.75, 3.05) is 13.1 Å². The van der Waals surface area contributed by atoms with Gasteiger partial charge in [0.1, 0.15) is 6.04 Å². The Morgan fingerprint density at radius 3 is 2.85 bits per heavy atom. The monoisotopic (exact) mass is 293 g/mol. The third kappa shape index (κ3) is 3.41. The van der Waals surface area contributed by atoms with Gasteiger partial charge in [0.25, 0.3) is 5.91 Å². The fraction of sp³-hybridized carbons (Fsp3) is 0.688. The van der Waals surface area contributed by atoms with E-state index in [9.17, 15) is 4.79 Å². The summed E-state index contributed by atoms with van der Waals surface area (Å²) in [5.74, 6) is 0.260. The lowest BCUT2D eigenvalue weighted by atomic mass is 9.95. The average molecular weight is 293 g/mol. The normalized spacial score (nSPS) is 27.6. The van der Waals surface area contributed by atoms with Crippen molar-refractivity contribution in [2.45, 2.75) is 57.0 Å². The molecule has 0 aromatic carbocycles. The third-order valence-electron chi connectivity index (χ3n) is 4.73. The molecule has 0 radical (unpaired) electrons. The van der Waals surface area contributed by atoms with E-state index in [0.717, 1.165) is 6.54 Å². The molecule has 1 aliphatic heterocycles. The van der Waals surface area contributed by atoms with Gasteiger partial charge >= 0.3 is 0 Å². The Morgan fingerprint density at radius 2 is 2.10 bits per heavy atom. The molecule has 1 saturated heterocycles. The molecular weight excluding hydrogens is 268 g/mol. The molecule has 1 aromatic rings. The SMILES string of the molecule is O=C(C[NH+]1CCC[C@H]1c1cccs1)NC1CCCCC1. The summed E-state index contributed by atoms with van der Waals surface area (Å²) >= 11 is 1.83. The smallest absolute Gasteiger partial charge is 0.275 e. The molecule has 110 valence electrons. The molecule has 0 spiro atoms. The first-order chi connectivity index (χ1) is 9.83. The Hall–Kier alpha value is -0.870. The van der Waals surface area contributed by atoms with Gasteiger partial charge in [-0.1, -0.05) is 25.3 Å². The zero-order valence-corrected chi connectivity index (χ0v) is 12.9. The fourth-order valence-corrected chi connectivity index (χ4v) is 4.61. The molecule has 1 aromatic heterocycles. The van der Waals surface area contributed by atoms with E-state index in [1.807, 2.05) is 11.3 Å². The maximum Gasteiger partial charge on any atom is 0.275 e. The summed E-state index contributed by atoms with van der Waals surface area (Å²) < 4.78 is 0. The van der Waals surface area contributed by atoms with Crippen LogP contribution in [0.4, 0.5) is 0 Å². The van der Waals surface area contributed by atoms with Crippen LogP contribution in [0.3, 0.4) is 0 Å². The minimum absolute atomic E-state index is 0.260. The van der Waals surface area contributed by atoms with Crippen molar-refractivity contribution >= 4 is 17.2 Å². The Bertz CT molecular complexity index is 426. The van der Waals surface area contributed by atoms with Gasteiger partial charge in [-0.15, -0.1) is 11.3 Å². The first-order valence-electron chi connectivity index (χ1n) is 8.00. The van der Waals surface area contributed by atoms with E-state index < -0.39 is 0 Å². The number of hydrogen-bond acceptors (Lipinski definition) is 2. The number of nitrogens with one attached hydrogen (secondary N) is 2. The van der Waals surface area contributed by atoms with Crippen LogP contribution in [-0.2, 0) is 4.79 Å². The summed E-state index contributed by atoms with van der Waals surface area (Å²) in [6.45, 7) is 1.79.